The van der Waals surface area contributed by atoms with E-state index in [9.17, 15) is 19.5 Å². The van der Waals surface area contributed by atoms with Crippen molar-refractivity contribution in [1.82, 2.24) is 15.5 Å². The minimum atomic E-state index is -0.886. The van der Waals surface area contributed by atoms with Gasteiger partial charge in [0, 0.05) is 12.6 Å². The first-order chi connectivity index (χ1) is 16.9. The summed E-state index contributed by atoms with van der Waals surface area (Å²) in [7, 11) is 0. The van der Waals surface area contributed by atoms with Crippen LogP contribution < -0.4 is 10.6 Å². The number of aryl methyl sites for hydroxylation is 1. The van der Waals surface area contributed by atoms with Gasteiger partial charge in [0.2, 0.25) is 11.8 Å². The lowest BCUT2D eigenvalue weighted by Crippen LogP contribution is -2.49. The van der Waals surface area contributed by atoms with Crippen LogP contribution in [-0.4, -0.2) is 52.6 Å². The Morgan fingerprint density at radius 3 is 2.31 bits per heavy atom. The lowest BCUT2D eigenvalue weighted by atomic mass is 10.00. The molecule has 0 aromatic heterocycles. The van der Waals surface area contributed by atoms with Gasteiger partial charge in [-0.15, -0.1) is 0 Å². The van der Waals surface area contributed by atoms with E-state index < -0.39 is 17.7 Å². The average Bonchev–Trinajstić information content (AvgIpc) is 2.77. The Labute approximate surface area is 217 Å². The van der Waals surface area contributed by atoms with Crippen LogP contribution >= 0.6 is 0 Å². The van der Waals surface area contributed by atoms with Gasteiger partial charge < -0.3 is 25.4 Å². The number of carbonyl (C=O) groups excluding carboxylic acids is 3. The van der Waals surface area contributed by atoms with Crippen molar-refractivity contribution in [2.75, 3.05) is 13.1 Å². The van der Waals surface area contributed by atoms with E-state index in [0.717, 1.165) is 44.9 Å². The Balaban J connectivity index is 3.25. The molecule has 0 spiro atoms. The first-order valence-electron chi connectivity index (χ1n) is 13.3. The van der Waals surface area contributed by atoms with Gasteiger partial charge in [-0.05, 0) is 70.7 Å². The van der Waals surface area contributed by atoms with Crippen LogP contribution in [0.15, 0.2) is 18.2 Å². The molecule has 0 heterocycles. The van der Waals surface area contributed by atoms with Gasteiger partial charge in [0.15, 0.2) is 0 Å². The van der Waals surface area contributed by atoms with Crippen molar-refractivity contribution in [2.24, 2.45) is 0 Å². The summed E-state index contributed by atoms with van der Waals surface area (Å²) in [4.78, 5) is 40.7. The van der Waals surface area contributed by atoms with Crippen molar-refractivity contribution in [2.45, 2.75) is 111 Å². The maximum atomic E-state index is 13.6. The van der Waals surface area contributed by atoms with Gasteiger partial charge in [-0.3, -0.25) is 9.59 Å². The van der Waals surface area contributed by atoms with E-state index in [1.807, 2.05) is 6.92 Å². The highest BCUT2D eigenvalue weighted by Crippen LogP contribution is 2.27. The molecule has 3 N–H and O–H groups in total. The first-order valence-corrected chi connectivity index (χ1v) is 13.3. The number of nitrogens with one attached hydrogen (secondary N) is 2. The summed E-state index contributed by atoms with van der Waals surface area (Å²) < 4.78 is 5.27. The van der Waals surface area contributed by atoms with Gasteiger partial charge in [-0.1, -0.05) is 52.0 Å². The zero-order valence-corrected chi connectivity index (χ0v) is 23.3. The quantitative estimate of drug-likeness (QED) is 0.295. The molecule has 2 unspecified atom stereocenters. The van der Waals surface area contributed by atoms with Gasteiger partial charge >= 0.3 is 6.09 Å². The molecular weight excluding hydrogens is 458 g/mol. The largest absolute Gasteiger partial charge is 0.508 e. The predicted molar refractivity (Wildman–Crippen MR) is 143 cm³/mol. The highest BCUT2D eigenvalue weighted by atomic mass is 16.6. The molecule has 36 heavy (non-hydrogen) atoms. The summed E-state index contributed by atoms with van der Waals surface area (Å²) in [5.74, 6) is -0.521. The molecule has 0 radical (unpaired) electrons. The topological polar surface area (TPSA) is 108 Å². The summed E-state index contributed by atoms with van der Waals surface area (Å²) in [6, 6.07) is 4.02. The Hall–Kier alpha value is -2.77. The molecule has 1 aromatic rings. The molecule has 8 heteroatoms. The zero-order valence-electron chi connectivity index (χ0n) is 23.3. The number of carbonyl (C=O) groups is 3. The first kappa shape index (κ1) is 31.3. The van der Waals surface area contributed by atoms with Crippen molar-refractivity contribution >= 4 is 17.9 Å². The normalized spacial score (nSPS) is 13.0. The number of ether oxygens (including phenoxy) is 1. The number of nitrogens with zero attached hydrogens (tertiary/aromatic N) is 1. The van der Waals surface area contributed by atoms with Crippen LogP contribution in [0.4, 0.5) is 4.79 Å². The molecule has 204 valence electrons. The maximum Gasteiger partial charge on any atom is 0.408 e. The molecule has 8 nitrogen and oxygen atoms in total. The van der Waals surface area contributed by atoms with Crippen LogP contribution in [-0.2, 0) is 14.3 Å². The minimum Gasteiger partial charge on any atom is -0.508 e. The Morgan fingerprint density at radius 1 is 1.06 bits per heavy atom. The molecule has 3 amide bonds. The van der Waals surface area contributed by atoms with Gasteiger partial charge in [0.1, 0.15) is 23.9 Å². The van der Waals surface area contributed by atoms with E-state index in [0.29, 0.717) is 17.7 Å². The van der Waals surface area contributed by atoms with Gasteiger partial charge in [0.05, 0.1) is 0 Å². The number of hydrogen-bond donors (Lipinski definition) is 3. The summed E-state index contributed by atoms with van der Waals surface area (Å²) in [6.07, 6.45) is 6.01. The van der Waals surface area contributed by atoms with Crippen LogP contribution in [0.1, 0.15) is 104 Å². The van der Waals surface area contributed by atoms with E-state index in [1.165, 1.54) is 0 Å². The van der Waals surface area contributed by atoms with E-state index in [-0.39, 0.29) is 30.2 Å². The number of unbranched alkanes of at least 4 members (excludes halogenated alkanes) is 4. The number of phenols is 1. The van der Waals surface area contributed by atoms with E-state index >= 15 is 0 Å². The van der Waals surface area contributed by atoms with Crippen molar-refractivity contribution in [3.63, 3.8) is 0 Å². The fourth-order valence-corrected chi connectivity index (χ4v) is 4.00. The fourth-order valence-electron chi connectivity index (χ4n) is 4.00. The average molecular weight is 506 g/mol. The highest BCUT2D eigenvalue weighted by Gasteiger charge is 2.32. The number of phenolic OH excluding ortho intramolecular Hbond substituents is 1. The van der Waals surface area contributed by atoms with Gasteiger partial charge in [0.25, 0.3) is 0 Å². The van der Waals surface area contributed by atoms with Crippen LogP contribution in [0.5, 0.6) is 5.75 Å². The summed E-state index contributed by atoms with van der Waals surface area (Å²) in [6.45, 7) is 13.2. The standard InChI is InChI=1S/C28H47N3O5/c1-8-10-11-12-13-17-31(24(33)19-29-27(35)36-28(5,6)7)25(26(34)30-21(4)14-9-2)22-15-16-23(32)20(3)18-22/h15-16,18,21,25,32H,8-14,17,19H2,1-7H3,(H,29,35)(H,30,34). The van der Waals surface area contributed by atoms with E-state index in [1.54, 1.807) is 50.8 Å². The second-order valence-electron chi connectivity index (χ2n) is 10.5. The number of benzene rings is 1. The van der Waals surface area contributed by atoms with Crippen LogP contribution in [0, 0.1) is 6.92 Å². The Morgan fingerprint density at radius 2 is 1.72 bits per heavy atom. The van der Waals surface area contributed by atoms with E-state index in [4.69, 9.17) is 4.74 Å². The lowest BCUT2D eigenvalue weighted by molar-refractivity contribution is -0.140. The van der Waals surface area contributed by atoms with Crippen LogP contribution in [0.3, 0.4) is 0 Å². The smallest absolute Gasteiger partial charge is 0.408 e. The molecule has 0 bridgehead atoms. The number of rotatable bonds is 14. The molecule has 0 aliphatic heterocycles. The Kier molecular flexibility index (Phi) is 13.3. The molecule has 1 rings (SSSR count). The second-order valence-corrected chi connectivity index (χ2v) is 10.5. The minimum absolute atomic E-state index is 0.0513. The Bertz CT molecular complexity index is 850. The van der Waals surface area contributed by atoms with Crippen molar-refractivity contribution in [1.29, 1.82) is 0 Å². The monoisotopic (exact) mass is 505 g/mol. The van der Waals surface area contributed by atoms with Crippen LogP contribution in [0.25, 0.3) is 0 Å². The molecule has 2 atom stereocenters. The second kappa shape index (κ2) is 15.4. The lowest BCUT2D eigenvalue weighted by Gasteiger charge is -2.33. The number of aromatic hydroxyl groups is 1. The number of amides is 3. The number of alkyl carbamates (subject to hydrolysis) is 1. The molecule has 1 aromatic carbocycles. The van der Waals surface area contributed by atoms with Crippen LogP contribution in [0.2, 0.25) is 0 Å². The summed E-state index contributed by atoms with van der Waals surface area (Å²) in [5.41, 5.74) is 0.549. The molecule has 0 fully saturated rings. The molecule has 0 saturated carbocycles. The maximum absolute atomic E-state index is 13.6. The third-order valence-electron chi connectivity index (χ3n) is 5.81. The van der Waals surface area contributed by atoms with Gasteiger partial charge in [-0.2, -0.15) is 0 Å². The molecule has 0 aliphatic rings. The highest BCUT2D eigenvalue weighted by molar-refractivity contribution is 5.90. The third kappa shape index (κ3) is 11.3. The van der Waals surface area contributed by atoms with E-state index in [2.05, 4.69) is 24.5 Å². The molecule has 0 saturated heterocycles. The van der Waals surface area contributed by atoms with Crippen molar-refractivity contribution in [3.8, 4) is 5.75 Å². The summed E-state index contributed by atoms with van der Waals surface area (Å²) in [5, 5.41) is 15.6. The SMILES string of the molecule is CCCCCCCN(C(=O)CNC(=O)OC(C)(C)C)C(C(=O)NC(C)CCC)c1ccc(O)c(C)c1. The summed E-state index contributed by atoms with van der Waals surface area (Å²) >= 11 is 0. The zero-order chi connectivity index (χ0) is 27.3. The molecular formula is C28H47N3O5. The predicted octanol–water partition coefficient (Wildman–Crippen LogP) is 5.37. The third-order valence-corrected chi connectivity index (χ3v) is 5.81. The number of hydrogen-bond acceptors (Lipinski definition) is 5. The fraction of sp³-hybridized carbons (Fsp3) is 0.679. The molecule has 0 aliphatic carbocycles. The van der Waals surface area contributed by atoms with Crippen molar-refractivity contribution in [3.05, 3.63) is 29.3 Å². The van der Waals surface area contributed by atoms with Crippen molar-refractivity contribution < 1.29 is 24.2 Å². The van der Waals surface area contributed by atoms with Gasteiger partial charge in [-0.25, -0.2) is 4.79 Å².